The number of rotatable bonds is 6. The Bertz CT molecular complexity index is 842. The number of hydrogen-bond acceptors (Lipinski definition) is 3. The molecule has 0 bridgehead atoms. The van der Waals surface area contributed by atoms with Crippen molar-refractivity contribution < 1.29 is 9.59 Å². The van der Waals surface area contributed by atoms with Crippen LogP contribution in [0.15, 0.2) is 55.0 Å². The normalized spacial score (nSPS) is 10.5. The zero-order valence-corrected chi connectivity index (χ0v) is 13.1. The second kappa shape index (κ2) is 7.41. The predicted octanol–water partition coefficient (Wildman–Crippen LogP) is 2.00. The van der Waals surface area contributed by atoms with Crippen molar-refractivity contribution in [2.24, 2.45) is 0 Å². The topological polar surface area (TPSA) is 86.9 Å². The number of hydrogen-bond donors (Lipinski definition) is 3. The molecule has 3 rings (SSSR count). The number of aromatic amines is 1. The van der Waals surface area contributed by atoms with Crippen molar-refractivity contribution in [3.8, 4) is 0 Å². The molecule has 2 heterocycles. The van der Waals surface area contributed by atoms with Crippen LogP contribution in [0, 0.1) is 0 Å². The van der Waals surface area contributed by atoms with Crippen LogP contribution in [-0.2, 0) is 11.3 Å². The van der Waals surface area contributed by atoms with Crippen molar-refractivity contribution in [2.75, 3.05) is 6.54 Å². The lowest BCUT2D eigenvalue weighted by Crippen LogP contribution is -2.30. The fourth-order valence-corrected chi connectivity index (χ4v) is 2.37. The second-order valence-corrected chi connectivity index (χ2v) is 5.42. The quantitative estimate of drug-likeness (QED) is 0.649. The monoisotopic (exact) mass is 322 g/mol. The molecule has 122 valence electrons. The van der Waals surface area contributed by atoms with Gasteiger partial charge in [-0.1, -0.05) is 6.07 Å². The summed E-state index contributed by atoms with van der Waals surface area (Å²) in [6.07, 6.45) is 5.44. The molecule has 0 unspecified atom stereocenters. The molecule has 0 aliphatic rings. The zero-order valence-electron chi connectivity index (χ0n) is 13.1. The highest BCUT2D eigenvalue weighted by Crippen LogP contribution is 2.13. The number of fused-ring (bicyclic) bond motifs is 1. The van der Waals surface area contributed by atoms with Crippen molar-refractivity contribution in [3.63, 3.8) is 0 Å². The molecule has 3 aromatic rings. The number of pyridine rings is 1. The van der Waals surface area contributed by atoms with E-state index in [1.54, 1.807) is 24.5 Å². The summed E-state index contributed by atoms with van der Waals surface area (Å²) in [7, 11) is 0. The van der Waals surface area contributed by atoms with Crippen molar-refractivity contribution in [1.29, 1.82) is 0 Å². The van der Waals surface area contributed by atoms with Gasteiger partial charge in [-0.15, -0.1) is 0 Å². The smallest absolute Gasteiger partial charge is 0.251 e. The van der Waals surface area contributed by atoms with Gasteiger partial charge in [-0.25, -0.2) is 0 Å². The maximum absolute atomic E-state index is 12.1. The lowest BCUT2D eigenvalue weighted by atomic mass is 10.1. The summed E-state index contributed by atoms with van der Waals surface area (Å²) in [5.41, 5.74) is 2.47. The van der Waals surface area contributed by atoms with Crippen molar-refractivity contribution in [1.82, 2.24) is 20.6 Å². The van der Waals surface area contributed by atoms with Gasteiger partial charge >= 0.3 is 0 Å². The van der Waals surface area contributed by atoms with E-state index < -0.39 is 0 Å². The summed E-state index contributed by atoms with van der Waals surface area (Å²) in [4.78, 5) is 30.9. The molecule has 2 amide bonds. The van der Waals surface area contributed by atoms with Gasteiger partial charge < -0.3 is 15.6 Å². The van der Waals surface area contributed by atoms with E-state index in [4.69, 9.17) is 0 Å². The summed E-state index contributed by atoms with van der Waals surface area (Å²) in [6.45, 7) is 0.753. The number of H-pyrrole nitrogens is 1. The summed E-state index contributed by atoms with van der Waals surface area (Å²) in [6, 6.07) is 11.1. The number of aromatic nitrogens is 2. The number of nitrogens with zero attached hydrogens (tertiary/aromatic N) is 1. The van der Waals surface area contributed by atoms with Gasteiger partial charge in [0.05, 0.1) is 0 Å². The van der Waals surface area contributed by atoms with Gasteiger partial charge in [0.25, 0.3) is 5.91 Å². The van der Waals surface area contributed by atoms with E-state index in [9.17, 15) is 9.59 Å². The number of nitrogens with one attached hydrogen (secondary N) is 3. The Morgan fingerprint density at radius 3 is 2.71 bits per heavy atom. The summed E-state index contributed by atoms with van der Waals surface area (Å²) in [5, 5.41) is 6.63. The first kappa shape index (κ1) is 15.7. The first-order chi connectivity index (χ1) is 11.7. The van der Waals surface area contributed by atoms with Gasteiger partial charge in [0.1, 0.15) is 0 Å². The SMILES string of the molecule is O=C(CCNC(=O)c1ccc2cc[nH]c2c1)NCc1ccncc1. The number of benzene rings is 1. The molecule has 0 atom stereocenters. The van der Waals surface area contributed by atoms with Crippen molar-refractivity contribution in [3.05, 3.63) is 66.1 Å². The summed E-state index contributed by atoms with van der Waals surface area (Å²) >= 11 is 0. The van der Waals surface area contributed by atoms with E-state index in [2.05, 4.69) is 20.6 Å². The minimum absolute atomic E-state index is 0.105. The van der Waals surface area contributed by atoms with Crippen LogP contribution in [0.25, 0.3) is 10.9 Å². The van der Waals surface area contributed by atoms with Crippen LogP contribution in [0.2, 0.25) is 0 Å². The van der Waals surface area contributed by atoms with E-state index in [1.165, 1.54) is 0 Å². The Balaban J connectivity index is 1.43. The van der Waals surface area contributed by atoms with E-state index in [0.717, 1.165) is 16.5 Å². The van der Waals surface area contributed by atoms with E-state index in [-0.39, 0.29) is 18.2 Å². The summed E-state index contributed by atoms with van der Waals surface area (Å²) < 4.78 is 0. The first-order valence-corrected chi connectivity index (χ1v) is 7.73. The molecule has 0 saturated carbocycles. The predicted molar refractivity (Wildman–Crippen MR) is 91.3 cm³/mol. The molecule has 0 aliphatic heterocycles. The standard InChI is InChI=1S/C18H18N4O2/c23-17(22-12-13-3-7-19-8-4-13)6-10-21-18(24)15-2-1-14-5-9-20-16(14)11-15/h1-5,7-9,11,20H,6,10,12H2,(H,21,24)(H,22,23). The zero-order chi connectivity index (χ0) is 16.8. The van der Waals surface area contributed by atoms with Crippen molar-refractivity contribution >= 4 is 22.7 Å². The number of amides is 2. The molecule has 0 aliphatic carbocycles. The fraction of sp³-hybridized carbons (Fsp3) is 0.167. The lowest BCUT2D eigenvalue weighted by molar-refractivity contribution is -0.121. The molecule has 6 nitrogen and oxygen atoms in total. The molecule has 6 heteroatoms. The van der Waals surface area contributed by atoms with Gasteiger partial charge in [0, 0.05) is 49.2 Å². The third-order valence-corrected chi connectivity index (χ3v) is 3.69. The highest BCUT2D eigenvalue weighted by molar-refractivity contribution is 5.98. The van der Waals surface area contributed by atoms with Gasteiger partial charge in [-0.3, -0.25) is 14.6 Å². The Morgan fingerprint density at radius 1 is 1.04 bits per heavy atom. The maximum atomic E-state index is 12.1. The Kier molecular flexibility index (Phi) is 4.86. The minimum Gasteiger partial charge on any atom is -0.361 e. The van der Waals surface area contributed by atoms with Crippen LogP contribution in [0.4, 0.5) is 0 Å². The largest absolute Gasteiger partial charge is 0.361 e. The molecule has 0 radical (unpaired) electrons. The maximum Gasteiger partial charge on any atom is 0.251 e. The number of carbonyl (C=O) groups excluding carboxylic acids is 2. The Labute approximate surface area is 139 Å². The highest BCUT2D eigenvalue weighted by atomic mass is 16.2. The molecular weight excluding hydrogens is 304 g/mol. The third-order valence-electron chi connectivity index (χ3n) is 3.69. The highest BCUT2D eigenvalue weighted by Gasteiger charge is 2.08. The van der Waals surface area contributed by atoms with Gasteiger partial charge in [-0.2, -0.15) is 0 Å². The Hall–Kier alpha value is -3.15. The molecule has 0 saturated heterocycles. The molecule has 2 aromatic heterocycles. The molecule has 1 aromatic carbocycles. The first-order valence-electron chi connectivity index (χ1n) is 7.73. The summed E-state index contributed by atoms with van der Waals surface area (Å²) in [5.74, 6) is -0.291. The van der Waals surface area contributed by atoms with Crippen LogP contribution in [0.3, 0.4) is 0 Å². The van der Waals surface area contributed by atoms with E-state index in [0.29, 0.717) is 18.7 Å². The van der Waals surface area contributed by atoms with Crippen LogP contribution < -0.4 is 10.6 Å². The fourth-order valence-electron chi connectivity index (χ4n) is 2.37. The van der Waals surface area contributed by atoms with E-state index >= 15 is 0 Å². The van der Waals surface area contributed by atoms with Crippen LogP contribution in [-0.4, -0.2) is 28.3 Å². The average molecular weight is 322 g/mol. The van der Waals surface area contributed by atoms with E-state index in [1.807, 2.05) is 30.5 Å². The van der Waals surface area contributed by atoms with Crippen LogP contribution >= 0.6 is 0 Å². The van der Waals surface area contributed by atoms with Gasteiger partial charge in [-0.05, 0) is 41.3 Å². The Morgan fingerprint density at radius 2 is 1.88 bits per heavy atom. The molecular formula is C18H18N4O2. The number of carbonyl (C=O) groups is 2. The molecule has 24 heavy (non-hydrogen) atoms. The van der Waals surface area contributed by atoms with Gasteiger partial charge in [0.15, 0.2) is 0 Å². The molecule has 0 fully saturated rings. The molecule has 3 N–H and O–H groups in total. The third kappa shape index (κ3) is 3.98. The van der Waals surface area contributed by atoms with Crippen LogP contribution in [0.1, 0.15) is 22.3 Å². The second-order valence-electron chi connectivity index (χ2n) is 5.42. The average Bonchev–Trinajstić information content (AvgIpc) is 3.08. The van der Waals surface area contributed by atoms with Crippen LogP contribution in [0.5, 0.6) is 0 Å². The van der Waals surface area contributed by atoms with Crippen molar-refractivity contribution in [2.45, 2.75) is 13.0 Å². The molecule has 0 spiro atoms. The minimum atomic E-state index is -0.187. The van der Waals surface area contributed by atoms with Gasteiger partial charge in [0.2, 0.25) is 5.91 Å². The lowest BCUT2D eigenvalue weighted by Gasteiger charge is -2.07.